The molecular weight excluding hydrogens is 168 g/mol. The van der Waals surface area contributed by atoms with Gasteiger partial charge in [-0.3, -0.25) is 4.79 Å². The van der Waals surface area contributed by atoms with Crippen LogP contribution in [0.5, 0.6) is 0 Å². The number of hydrogen-bond acceptors (Lipinski definition) is 3. The molecule has 0 aliphatic carbocycles. The van der Waals surface area contributed by atoms with Gasteiger partial charge in [0.1, 0.15) is 0 Å². The van der Waals surface area contributed by atoms with Crippen LogP contribution in [0.15, 0.2) is 0 Å². The molecule has 1 unspecified atom stereocenters. The summed E-state index contributed by atoms with van der Waals surface area (Å²) in [7, 11) is 1.74. The molecule has 1 rings (SSSR count). The molecule has 0 aromatic rings. The minimum atomic E-state index is -0.0881. The minimum absolute atomic E-state index is 0.0228. The first kappa shape index (κ1) is 10.5. The average molecular weight is 186 g/mol. The Labute approximate surface area is 78.9 Å². The van der Waals surface area contributed by atoms with Crippen molar-refractivity contribution in [3.63, 3.8) is 0 Å². The maximum Gasteiger partial charge on any atom is 0.239 e. The van der Waals surface area contributed by atoms with Gasteiger partial charge in [0.25, 0.3) is 0 Å². The Bertz CT molecular complexity index is 178. The van der Waals surface area contributed by atoms with Crippen LogP contribution in [0.3, 0.4) is 0 Å². The first-order chi connectivity index (χ1) is 6.16. The van der Waals surface area contributed by atoms with Crippen molar-refractivity contribution in [3.05, 3.63) is 0 Å². The van der Waals surface area contributed by atoms with E-state index < -0.39 is 0 Å². The summed E-state index contributed by atoms with van der Waals surface area (Å²) >= 11 is 0. The van der Waals surface area contributed by atoms with E-state index in [9.17, 15) is 4.79 Å². The van der Waals surface area contributed by atoms with E-state index in [2.05, 4.69) is 5.32 Å². The summed E-state index contributed by atoms with van der Waals surface area (Å²) in [6, 6.07) is -0.117. The molecule has 2 atom stereocenters. The lowest BCUT2D eigenvalue weighted by Gasteiger charge is -2.26. The van der Waals surface area contributed by atoms with Crippen molar-refractivity contribution in [2.45, 2.75) is 31.8 Å². The van der Waals surface area contributed by atoms with Gasteiger partial charge in [0.2, 0.25) is 5.91 Å². The zero-order chi connectivity index (χ0) is 9.84. The van der Waals surface area contributed by atoms with Gasteiger partial charge in [-0.2, -0.15) is 0 Å². The van der Waals surface area contributed by atoms with Crippen LogP contribution in [-0.2, 0) is 4.79 Å². The topological polar surface area (TPSA) is 52.6 Å². The number of likely N-dealkylation sites (N-methyl/N-ethyl adjacent to an activating group) is 1. The molecule has 1 fully saturated rings. The van der Waals surface area contributed by atoms with Gasteiger partial charge in [-0.05, 0) is 26.3 Å². The van der Waals surface area contributed by atoms with Crippen LogP contribution in [0.4, 0.5) is 0 Å². The number of hydrogen-bond donors (Lipinski definition) is 2. The number of carbonyl (C=O) groups is 1. The van der Waals surface area contributed by atoms with Crippen LogP contribution in [0.25, 0.3) is 0 Å². The third-order valence-electron chi connectivity index (χ3n) is 2.63. The predicted molar refractivity (Wildman–Crippen MR) is 50.3 cm³/mol. The zero-order valence-electron chi connectivity index (χ0n) is 8.29. The molecule has 0 spiro atoms. The Balaban J connectivity index is 2.45. The van der Waals surface area contributed by atoms with E-state index in [1.165, 1.54) is 0 Å². The van der Waals surface area contributed by atoms with Crippen LogP contribution in [0, 0.1) is 0 Å². The normalized spacial score (nSPS) is 24.4. The average Bonchev–Trinajstić information content (AvgIpc) is 2.67. The summed E-state index contributed by atoms with van der Waals surface area (Å²) in [5, 5.41) is 12.0. The monoisotopic (exact) mass is 186 g/mol. The maximum absolute atomic E-state index is 11.7. The van der Waals surface area contributed by atoms with E-state index in [1.54, 1.807) is 11.9 Å². The Morgan fingerprint density at radius 1 is 1.77 bits per heavy atom. The summed E-state index contributed by atoms with van der Waals surface area (Å²) in [6.07, 6.45) is 1.99. The quantitative estimate of drug-likeness (QED) is 0.629. The van der Waals surface area contributed by atoms with Gasteiger partial charge in [0, 0.05) is 7.05 Å². The zero-order valence-corrected chi connectivity index (χ0v) is 8.29. The summed E-state index contributed by atoms with van der Waals surface area (Å²) < 4.78 is 0. The van der Waals surface area contributed by atoms with Gasteiger partial charge >= 0.3 is 0 Å². The number of amides is 1. The molecule has 0 aromatic heterocycles. The van der Waals surface area contributed by atoms with Gasteiger partial charge < -0.3 is 15.3 Å². The lowest BCUT2D eigenvalue weighted by atomic mass is 10.2. The van der Waals surface area contributed by atoms with Crippen LogP contribution in [0.2, 0.25) is 0 Å². The van der Waals surface area contributed by atoms with E-state index >= 15 is 0 Å². The fourth-order valence-electron chi connectivity index (χ4n) is 1.48. The molecule has 1 aliphatic heterocycles. The van der Waals surface area contributed by atoms with E-state index in [-0.39, 0.29) is 24.6 Å². The molecule has 0 bridgehead atoms. The van der Waals surface area contributed by atoms with E-state index in [4.69, 9.17) is 5.11 Å². The van der Waals surface area contributed by atoms with Crippen LogP contribution in [0.1, 0.15) is 19.8 Å². The van der Waals surface area contributed by atoms with Gasteiger partial charge in [-0.15, -0.1) is 0 Å². The highest BCUT2D eigenvalue weighted by Gasteiger charge is 2.26. The number of nitrogens with zero attached hydrogens (tertiary/aromatic N) is 1. The lowest BCUT2D eigenvalue weighted by Crippen LogP contribution is -2.46. The highest BCUT2D eigenvalue weighted by molar-refractivity contribution is 5.82. The highest BCUT2D eigenvalue weighted by Crippen LogP contribution is 2.09. The van der Waals surface area contributed by atoms with Gasteiger partial charge in [-0.25, -0.2) is 0 Å². The summed E-state index contributed by atoms with van der Waals surface area (Å²) in [6.45, 7) is 2.79. The number of carbonyl (C=O) groups excluding carboxylic acids is 1. The fraction of sp³-hybridized carbons (Fsp3) is 0.889. The molecule has 76 valence electrons. The number of aliphatic hydroxyl groups excluding tert-OH is 1. The number of rotatable bonds is 3. The third-order valence-corrected chi connectivity index (χ3v) is 2.63. The second-order valence-corrected chi connectivity index (χ2v) is 3.63. The summed E-state index contributed by atoms with van der Waals surface area (Å²) in [5.74, 6) is 0.0963. The highest BCUT2D eigenvalue weighted by atomic mass is 16.3. The number of nitrogens with one attached hydrogen (secondary N) is 1. The first-order valence-corrected chi connectivity index (χ1v) is 4.77. The summed E-state index contributed by atoms with van der Waals surface area (Å²) in [4.78, 5) is 13.3. The minimum Gasteiger partial charge on any atom is -0.394 e. The molecule has 1 heterocycles. The molecule has 0 aromatic carbocycles. The van der Waals surface area contributed by atoms with Crippen molar-refractivity contribution in [1.82, 2.24) is 10.2 Å². The second kappa shape index (κ2) is 4.58. The number of aliphatic hydroxyl groups is 1. The predicted octanol–water partition coefficient (Wildman–Crippen LogP) is -0.422. The summed E-state index contributed by atoms with van der Waals surface area (Å²) in [5.41, 5.74) is 0. The van der Waals surface area contributed by atoms with Crippen molar-refractivity contribution in [3.8, 4) is 0 Å². The molecule has 13 heavy (non-hydrogen) atoms. The van der Waals surface area contributed by atoms with Crippen molar-refractivity contribution in [2.75, 3.05) is 20.2 Å². The van der Waals surface area contributed by atoms with Crippen LogP contribution in [-0.4, -0.2) is 48.2 Å². The molecule has 1 aliphatic rings. The third kappa shape index (κ3) is 2.42. The second-order valence-electron chi connectivity index (χ2n) is 3.63. The van der Waals surface area contributed by atoms with Gasteiger partial charge in [0.15, 0.2) is 0 Å². The van der Waals surface area contributed by atoms with Crippen LogP contribution < -0.4 is 5.32 Å². The Morgan fingerprint density at radius 3 is 2.92 bits per heavy atom. The van der Waals surface area contributed by atoms with E-state index in [0.717, 1.165) is 19.4 Å². The molecule has 0 saturated carbocycles. The smallest absolute Gasteiger partial charge is 0.239 e. The largest absolute Gasteiger partial charge is 0.394 e. The molecule has 2 N–H and O–H groups in total. The molecule has 4 nitrogen and oxygen atoms in total. The van der Waals surface area contributed by atoms with Crippen molar-refractivity contribution >= 4 is 5.91 Å². The molecule has 0 radical (unpaired) electrons. The Morgan fingerprint density at radius 2 is 2.46 bits per heavy atom. The van der Waals surface area contributed by atoms with Gasteiger partial charge in [-0.1, -0.05) is 0 Å². The van der Waals surface area contributed by atoms with E-state index in [0.29, 0.717) is 0 Å². The van der Waals surface area contributed by atoms with Crippen LogP contribution >= 0.6 is 0 Å². The first-order valence-electron chi connectivity index (χ1n) is 4.77. The molecular formula is C9H18N2O2. The van der Waals surface area contributed by atoms with E-state index in [1.807, 2.05) is 6.92 Å². The SMILES string of the molecule is CC(CO)N(C)C(=O)[C@@H]1CCCN1. The van der Waals surface area contributed by atoms with Crippen molar-refractivity contribution in [2.24, 2.45) is 0 Å². The molecule has 4 heteroatoms. The lowest BCUT2D eigenvalue weighted by molar-refractivity contribution is -0.134. The van der Waals surface area contributed by atoms with Gasteiger partial charge in [0.05, 0.1) is 18.7 Å². The maximum atomic E-state index is 11.7. The Kier molecular flexibility index (Phi) is 3.69. The molecule has 1 amide bonds. The standard InChI is InChI=1S/C9H18N2O2/c1-7(6-12)11(2)9(13)8-4-3-5-10-8/h7-8,10,12H,3-6H2,1-2H3/t7?,8-/m0/s1. The van der Waals surface area contributed by atoms with Crippen molar-refractivity contribution in [1.29, 1.82) is 0 Å². The molecule has 1 saturated heterocycles. The fourth-order valence-corrected chi connectivity index (χ4v) is 1.48. The van der Waals surface area contributed by atoms with Crippen molar-refractivity contribution < 1.29 is 9.90 Å². The Hall–Kier alpha value is -0.610.